The topological polar surface area (TPSA) is 24.5 Å². The van der Waals surface area contributed by atoms with Crippen LogP contribution < -0.4 is 5.32 Å². The summed E-state index contributed by atoms with van der Waals surface area (Å²) in [6.45, 7) is 8.67. The van der Waals surface area contributed by atoms with Crippen molar-refractivity contribution in [2.24, 2.45) is 5.92 Å². The molecule has 0 amide bonds. The fraction of sp³-hybridized carbons (Fsp3) is 1.00. The summed E-state index contributed by atoms with van der Waals surface area (Å²) in [5, 5.41) is 3.59. The highest BCUT2D eigenvalue weighted by Crippen LogP contribution is 2.29. The van der Waals surface area contributed by atoms with E-state index in [0.717, 1.165) is 31.7 Å². The minimum atomic E-state index is 0.736. The maximum absolute atomic E-state index is 5.47. The van der Waals surface area contributed by atoms with Crippen molar-refractivity contribution in [3.05, 3.63) is 0 Å². The molecule has 1 heterocycles. The third kappa shape index (κ3) is 4.40. The number of hydrogen-bond donors (Lipinski definition) is 1. The standard InChI is InChI=1S/C13H26N2O/c1-2-16-9-8-15(10-12-5-6-12)11-13-4-3-7-14-13/h12-14H,2-11H2,1H3. The Labute approximate surface area is 99.5 Å². The lowest BCUT2D eigenvalue weighted by Crippen LogP contribution is -2.40. The molecule has 2 fully saturated rings. The quantitative estimate of drug-likeness (QED) is 0.635. The van der Waals surface area contributed by atoms with E-state index in [9.17, 15) is 0 Å². The van der Waals surface area contributed by atoms with Gasteiger partial charge in [-0.1, -0.05) is 0 Å². The molecule has 16 heavy (non-hydrogen) atoms. The molecular weight excluding hydrogens is 200 g/mol. The van der Waals surface area contributed by atoms with Gasteiger partial charge in [-0.2, -0.15) is 0 Å². The zero-order chi connectivity index (χ0) is 11.2. The fourth-order valence-corrected chi connectivity index (χ4v) is 2.48. The summed E-state index contributed by atoms with van der Waals surface area (Å²) in [7, 11) is 0. The normalized spacial score (nSPS) is 25.5. The van der Waals surface area contributed by atoms with Crippen molar-refractivity contribution in [1.29, 1.82) is 0 Å². The molecule has 0 aromatic heterocycles. The molecule has 3 nitrogen and oxygen atoms in total. The third-order valence-corrected chi connectivity index (χ3v) is 3.61. The van der Waals surface area contributed by atoms with Crippen LogP contribution in [-0.4, -0.2) is 50.3 Å². The van der Waals surface area contributed by atoms with Crippen molar-refractivity contribution in [2.75, 3.05) is 39.4 Å². The van der Waals surface area contributed by atoms with Crippen LogP contribution in [0.2, 0.25) is 0 Å². The molecule has 1 aliphatic carbocycles. The van der Waals surface area contributed by atoms with Gasteiger partial charge in [0.25, 0.3) is 0 Å². The molecule has 1 aliphatic heterocycles. The second-order valence-electron chi connectivity index (χ2n) is 5.19. The predicted molar refractivity (Wildman–Crippen MR) is 66.7 cm³/mol. The van der Waals surface area contributed by atoms with Crippen LogP contribution in [0, 0.1) is 5.92 Å². The largest absolute Gasteiger partial charge is 0.380 e. The molecule has 1 saturated carbocycles. The Hall–Kier alpha value is -0.120. The van der Waals surface area contributed by atoms with E-state index in [-0.39, 0.29) is 0 Å². The molecule has 2 aliphatic rings. The molecule has 1 atom stereocenters. The van der Waals surface area contributed by atoms with Gasteiger partial charge in [0.05, 0.1) is 6.61 Å². The highest BCUT2D eigenvalue weighted by Gasteiger charge is 2.26. The maximum atomic E-state index is 5.47. The number of rotatable bonds is 8. The monoisotopic (exact) mass is 226 g/mol. The Morgan fingerprint density at radius 3 is 2.75 bits per heavy atom. The van der Waals surface area contributed by atoms with Gasteiger partial charge in [0.15, 0.2) is 0 Å². The lowest BCUT2D eigenvalue weighted by Gasteiger charge is -2.25. The molecule has 3 heteroatoms. The van der Waals surface area contributed by atoms with Gasteiger partial charge in [-0.05, 0) is 45.1 Å². The summed E-state index contributed by atoms with van der Waals surface area (Å²) in [4.78, 5) is 2.61. The Balaban J connectivity index is 1.67. The van der Waals surface area contributed by atoms with Crippen molar-refractivity contribution in [3.8, 4) is 0 Å². The van der Waals surface area contributed by atoms with Gasteiger partial charge in [0.1, 0.15) is 0 Å². The first kappa shape index (κ1) is 12.3. The van der Waals surface area contributed by atoms with E-state index in [1.807, 2.05) is 0 Å². The predicted octanol–water partition coefficient (Wildman–Crippen LogP) is 1.49. The van der Waals surface area contributed by atoms with Crippen LogP contribution in [0.25, 0.3) is 0 Å². The van der Waals surface area contributed by atoms with Crippen LogP contribution in [0.5, 0.6) is 0 Å². The zero-order valence-corrected chi connectivity index (χ0v) is 10.6. The average molecular weight is 226 g/mol. The molecule has 94 valence electrons. The van der Waals surface area contributed by atoms with Crippen molar-refractivity contribution in [2.45, 2.75) is 38.6 Å². The molecule has 0 aromatic carbocycles. The van der Waals surface area contributed by atoms with E-state index in [1.54, 1.807) is 0 Å². The van der Waals surface area contributed by atoms with E-state index < -0.39 is 0 Å². The molecule has 0 radical (unpaired) electrons. The van der Waals surface area contributed by atoms with Crippen molar-refractivity contribution >= 4 is 0 Å². The van der Waals surface area contributed by atoms with E-state index in [1.165, 1.54) is 45.3 Å². The van der Waals surface area contributed by atoms with Crippen LogP contribution in [0.4, 0.5) is 0 Å². The number of nitrogens with zero attached hydrogens (tertiary/aromatic N) is 1. The summed E-state index contributed by atoms with van der Waals surface area (Å²) in [5.74, 6) is 0.989. The SMILES string of the molecule is CCOCCN(CC1CC1)CC1CCCN1. The second kappa shape index (κ2) is 6.58. The van der Waals surface area contributed by atoms with E-state index in [2.05, 4.69) is 17.1 Å². The van der Waals surface area contributed by atoms with Gasteiger partial charge >= 0.3 is 0 Å². The molecule has 0 spiro atoms. The van der Waals surface area contributed by atoms with Crippen molar-refractivity contribution < 1.29 is 4.74 Å². The van der Waals surface area contributed by atoms with Crippen LogP contribution in [0.15, 0.2) is 0 Å². The van der Waals surface area contributed by atoms with E-state index in [4.69, 9.17) is 4.74 Å². The zero-order valence-electron chi connectivity index (χ0n) is 10.6. The fourth-order valence-electron chi connectivity index (χ4n) is 2.48. The third-order valence-electron chi connectivity index (χ3n) is 3.61. The van der Waals surface area contributed by atoms with Crippen molar-refractivity contribution in [3.63, 3.8) is 0 Å². The van der Waals surface area contributed by atoms with Crippen LogP contribution in [0.3, 0.4) is 0 Å². The second-order valence-corrected chi connectivity index (χ2v) is 5.19. The van der Waals surface area contributed by atoms with Crippen LogP contribution in [-0.2, 0) is 4.74 Å². The molecule has 1 N–H and O–H groups in total. The molecule has 1 saturated heterocycles. The minimum absolute atomic E-state index is 0.736. The van der Waals surface area contributed by atoms with Gasteiger partial charge in [0, 0.05) is 32.3 Å². The van der Waals surface area contributed by atoms with E-state index >= 15 is 0 Å². The van der Waals surface area contributed by atoms with Crippen LogP contribution >= 0.6 is 0 Å². The first-order valence-electron chi connectivity index (χ1n) is 6.92. The Morgan fingerprint density at radius 2 is 2.12 bits per heavy atom. The van der Waals surface area contributed by atoms with Gasteiger partial charge in [-0.25, -0.2) is 0 Å². The highest BCUT2D eigenvalue weighted by molar-refractivity contribution is 4.82. The molecule has 0 aromatic rings. The Kier molecular flexibility index (Phi) is 5.07. The number of ether oxygens (including phenoxy) is 1. The highest BCUT2D eigenvalue weighted by atomic mass is 16.5. The summed E-state index contributed by atoms with van der Waals surface area (Å²) < 4.78 is 5.47. The first-order chi connectivity index (χ1) is 7.88. The summed E-state index contributed by atoms with van der Waals surface area (Å²) in [5.41, 5.74) is 0. The lowest BCUT2D eigenvalue weighted by molar-refractivity contribution is 0.108. The van der Waals surface area contributed by atoms with Gasteiger partial charge < -0.3 is 10.1 Å². The molecular formula is C13H26N2O. The summed E-state index contributed by atoms with van der Waals surface area (Å²) in [6.07, 6.45) is 5.61. The molecule has 2 rings (SSSR count). The van der Waals surface area contributed by atoms with Gasteiger partial charge in [-0.3, -0.25) is 4.90 Å². The number of nitrogens with one attached hydrogen (secondary N) is 1. The molecule has 0 bridgehead atoms. The smallest absolute Gasteiger partial charge is 0.0593 e. The summed E-state index contributed by atoms with van der Waals surface area (Å²) >= 11 is 0. The van der Waals surface area contributed by atoms with Gasteiger partial charge in [0.2, 0.25) is 0 Å². The number of hydrogen-bond acceptors (Lipinski definition) is 3. The van der Waals surface area contributed by atoms with Crippen molar-refractivity contribution in [1.82, 2.24) is 10.2 Å². The Morgan fingerprint density at radius 1 is 1.25 bits per heavy atom. The summed E-state index contributed by atoms with van der Waals surface area (Å²) in [6, 6.07) is 0.736. The van der Waals surface area contributed by atoms with E-state index in [0.29, 0.717) is 0 Å². The maximum Gasteiger partial charge on any atom is 0.0593 e. The first-order valence-corrected chi connectivity index (χ1v) is 6.92. The minimum Gasteiger partial charge on any atom is -0.380 e. The lowest BCUT2D eigenvalue weighted by atomic mass is 10.2. The van der Waals surface area contributed by atoms with Gasteiger partial charge in [-0.15, -0.1) is 0 Å². The van der Waals surface area contributed by atoms with Crippen LogP contribution in [0.1, 0.15) is 32.6 Å². The molecule has 1 unspecified atom stereocenters. The Bertz CT molecular complexity index is 188. The average Bonchev–Trinajstić information content (AvgIpc) is 2.93.